The first-order valence-electron chi connectivity index (χ1n) is 5.59. The maximum Gasteiger partial charge on any atom is 0.163 e. The number of carbonyl (C=O) groups is 1. The van der Waals surface area contributed by atoms with Crippen molar-refractivity contribution in [3.8, 4) is 0 Å². The molecule has 1 unspecified atom stereocenters. The molecule has 0 aliphatic heterocycles. The predicted octanol–water partition coefficient (Wildman–Crippen LogP) is 3.40. The van der Waals surface area contributed by atoms with Gasteiger partial charge >= 0.3 is 0 Å². The van der Waals surface area contributed by atoms with Crippen LogP contribution < -0.4 is 0 Å². The summed E-state index contributed by atoms with van der Waals surface area (Å²) in [4.78, 5) is 15.9. The van der Waals surface area contributed by atoms with E-state index in [1.54, 1.807) is 12.3 Å². The molecule has 0 radical (unpaired) electrons. The van der Waals surface area contributed by atoms with Crippen molar-refractivity contribution in [3.05, 3.63) is 29.6 Å². The Labute approximate surface area is 91.7 Å². The van der Waals surface area contributed by atoms with Crippen molar-refractivity contribution >= 4 is 5.78 Å². The Bertz CT molecular complexity index is 333. The number of carbonyl (C=O) groups excluding carboxylic acids is 1. The molecule has 0 bridgehead atoms. The normalized spacial score (nSPS) is 12.5. The maximum absolute atomic E-state index is 11.9. The van der Waals surface area contributed by atoms with E-state index in [9.17, 15) is 4.79 Å². The Morgan fingerprint density at radius 2 is 2.27 bits per heavy atom. The standard InChI is InChI=1S/C13H19NO/c1-4-5-10(2)8-13(15)12-6-7-14-11(3)9-12/h6-7,9-10H,4-5,8H2,1-3H3. The van der Waals surface area contributed by atoms with Crippen LogP contribution in [0.1, 0.15) is 49.2 Å². The van der Waals surface area contributed by atoms with Gasteiger partial charge in [0.2, 0.25) is 0 Å². The van der Waals surface area contributed by atoms with E-state index in [1.807, 2.05) is 13.0 Å². The lowest BCUT2D eigenvalue weighted by Gasteiger charge is -2.08. The SMILES string of the molecule is CCCC(C)CC(=O)c1ccnc(C)c1. The van der Waals surface area contributed by atoms with Crippen LogP contribution in [0.25, 0.3) is 0 Å². The number of aromatic nitrogens is 1. The Kier molecular flexibility index (Phi) is 4.47. The maximum atomic E-state index is 11.9. The van der Waals surface area contributed by atoms with Crippen molar-refractivity contribution in [2.75, 3.05) is 0 Å². The highest BCUT2D eigenvalue weighted by Gasteiger charge is 2.10. The molecule has 82 valence electrons. The third-order valence-corrected chi connectivity index (χ3v) is 2.53. The smallest absolute Gasteiger partial charge is 0.163 e. The van der Waals surface area contributed by atoms with Gasteiger partial charge in [0.05, 0.1) is 0 Å². The zero-order valence-corrected chi connectivity index (χ0v) is 9.79. The summed E-state index contributed by atoms with van der Waals surface area (Å²) >= 11 is 0. The molecule has 15 heavy (non-hydrogen) atoms. The predicted molar refractivity (Wildman–Crippen MR) is 62.0 cm³/mol. The molecule has 0 saturated heterocycles. The van der Waals surface area contributed by atoms with Crippen LogP contribution in [-0.4, -0.2) is 10.8 Å². The number of nitrogens with zero attached hydrogens (tertiary/aromatic N) is 1. The van der Waals surface area contributed by atoms with Gasteiger partial charge in [-0.2, -0.15) is 0 Å². The molecule has 1 rings (SSSR count). The Morgan fingerprint density at radius 3 is 2.87 bits per heavy atom. The number of rotatable bonds is 5. The van der Waals surface area contributed by atoms with Gasteiger partial charge in [0.25, 0.3) is 0 Å². The van der Waals surface area contributed by atoms with E-state index in [4.69, 9.17) is 0 Å². The van der Waals surface area contributed by atoms with Crippen molar-refractivity contribution in [2.24, 2.45) is 5.92 Å². The number of hydrogen-bond acceptors (Lipinski definition) is 2. The third-order valence-electron chi connectivity index (χ3n) is 2.53. The molecule has 1 heterocycles. The molecule has 0 amide bonds. The summed E-state index contributed by atoms with van der Waals surface area (Å²) < 4.78 is 0. The third kappa shape index (κ3) is 3.82. The molecule has 0 spiro atoms. The molecule has 0 aliphatic carbocycles. The minimum Gasteiger partial charge on any atom is -0.294 e. The number of Topliss-reactive ketones (excluding diaryl/α,β-unsaturated/α-hetero) is 1. The zero-order chi connectivity index (χ0) is 11.3. The largest absolute Gasteiger partial charge is 0.294 e. The lowest BCUT2D eigenvalue weighted by atomic mass is 9.96. The summed E-state index contributed by atoms with van der Waals surface area (Å²) in [5.41, 5.74) is 1.70. The molecular formula is C13H19NO. The molecule has 1 aromatic heterocycles. The molecule has 1 aromatic rings. The van der Waals surface area contributed by atoms with E-state index in [-0.39, 0.29) is 5.78 Å². The van der Waals surface area contributed by atoms with Gasteiger partial charge in [-0.1, -0.05) is 26.7 Å². The Morgan fingerprint density at radius 1 is 1.53 bits per heavy atom. The Balaban J connectivity index is 2.61. The van der Waals surface area contributed by atoms with Gasteiger partial charge in [0, 0.05) is 23.9 Å². The van der Waals surface area contributed by atoms with E-state index in [1.165, 1.54) is 0 Å². The van der Waals surface area contributed by atoms with Crippen LogP contribution in [0.15, 0.2) is 18.3 Å². The van der Waals surface area contributed by atoms with Crippen LogP contribution in [-0.2, 0) is 0 Å². The quantitative estimate of drug-likeness (QED) is 0.689. The summed E-state index contributed by atoms with van der Waals surface area (Å²) in [5.74, 6) is 0.720. The molecule has 2 heteroatoms. The van der Waals surface area contributed by atoms with Gasteiger partial charge < -0.3 is 0 Å². The fraction of sp³-hybridized carbons (Fsp3) is 0.538. The first-order chi connectivity index (χ1) is 7.13. The van der Waals surface area contributed by atoms with Gasteiger partial charge in [-0.25, -0.2) is 0 Å². The van der Waals surface area contributed by atoms with Gasteiger partial charge in [-0.15, -0.1) is 0 Å². The van der Waals surface area contributed by atoms with Crippen LogP contribution in [0.5, 0.6) is 0 Å². The highest BCUT2D eigenvalue weighted by Crippen LogP contribution is 2.14. The molecule has 0 fully saturated rings. The second-order valence-corrected chi connectivity index (χ2v) is 4.21. The van der Waals surface area contributed by atoms with E-state index >= 15 is 0 Å². The van der Waals surface area contributed by atoms with Gasteiger partial charge in [0.15, 0.2) is 5.78 Å². The van der Waals surface area contributed by atoms with E-state index in [0.717, 1.165) is 24.1 Å². The fourth-order valence-corrected chi connectivity index (χ4v) is 1.75. The first kappa shape index (κ1) is 11.9. The summed E-state index contributed by atoms with van der Waals surface area (Å²) in [7, 11) is 0. The lowest BCUT2D eigenvalue weighted by Crippen LogP contribution is -2.06. The summed E-state index contributed by atoms with van der Waals surface area (Å²) in [5, 5.41) is 0. The van der Waals surface area contributed by atoms with Gasteiger partial charge in [-0.05, 0) is 25.0 Å². The van der Waals surface area contributed by atoms with Crippen LogP contribution in [0.4, 0.5) is 0 Å². The number of ketones is 1. The average Bonchev–Trinajstić information content (AvgIpc) is 2.18. The highest BCUT2D eigenvalue weighted by atomic mass is 16.1. The number of pyridine rings is 1. The second-order valence-electron chi connectivity index (χ2n) is 4.21. The monoisotopic (exact) mass is 205 g/mol. The second kappa shape index (κ2) is 5.64. The van der Waals surface area contributed by atoms with Crippen molar-refractivity contribution in [1.29, 1.82) is 0 Å². The summed E-state index contributed by atoms with van der Waals surface area (Å²) in [6.45, 7) is 6.19. The zero-order valence-electron chi connectivity index (χ0n) is 9.79. The van der Waals surface area contributed by atoms with E-state index in [0.29, 0.717) is 12.3 Å². The first-order valence-corrected chi connectivity index (χ1v) is 5.59. The molecule has 0 N–H and O–H groups in total. The summed E-state index contributed by atoms with van der Waals surface area (Å²) in [6, 6.07) is 3.66. The topological polar surface area (TPSA) is 30.0 Å². The minimum absolute atomic E-state index is 0.237. The molecule has 0 saturated carbocycles. The summed E-state index contributed by atoms with van der Waals surface area (Å²) in [6.07, 6.45) is 4.62. The van der Waals surface area contributed by atoms with Crippen LogP contribution in [0.2, 0.25) is 0 Å². The van der Waals surface area contributed by atoms with Crippen molar-refractivity contribution in [3.63, 3.8) is 0 Å². The molecule has 2 nitrogen and oxygen atoms in total. The van der Waals surface area contributed by atoms with Gasteiger partial charge in [0.1, 0.15) is 0 Å². The fourth-order valence-electron chi connectivity index (χ4n) is 1.75. The van der Waals surface area contributed by atoms with E-state index in [2.05, 4.69) is 18.8 Å². The van der Waals surface area contributed by atoms with Crippen molar-refractivity contribution < 1.29 is 4.79 Å². The van der Waals surface area contributed by atoms with Crippen LogP contribution in [0, 0.1) is 12.8 Å². The molecule has 0 aliphatic rings. The Hall–Kier alpha value is -1.18. The van der Waals surface area contributed by atoms with Gasteiger partial charge in [-0.3, -0.25) is 9.78 Å². The molecular weight excluding hydrogens is 186 g/mol. The number of hydrogen-bond donors (Lipinski definition) is 0. The van der Waals surface area contributed by atoms with Crippen LogP contribution >= 0.6 is 0 Å². The molecule has 1 atom stereocenters. The number of aryl methyl sites for hydroxylation is 1. The van der Waals surface area contributed by atoms with Crippen molar-refractivity contribution in [1.82, 2.24) is 4.98 Å². The van der Waals surface area contributed by atoms with Crippen molar-refractivity contribution in [2.45, 2.75) is 40.0 Å². The minimum atomic E-state index is 0.237. The van der Waals surface area contributed by atoms with E-state index < -0.39 is 0 Å². The average molecular weight is 205 g/mol. The van der Waals surface area contributed by atoms with Crippen LogP contribution in [0.3, 0.4) is 0 Å². The highest BCUT2D eigenvalue weighted by molar-refractivity contribution is 5.96. The molecule has 0 aromatic carbocycles. The lowest BCUT2D eigenvalue weighted by molar-refractivity contribution is 0.0962.